The van der Waals surface area contributed by atoms with Gasteiger partial charge in [0.05, 0.1) is 5.75 Å². The van der Waals surface area contributed by atoms with Gasteiger partial charge in [-0.2, -0.15) is 12.6 Å². The van der Waals surface area contributed by atoms with E-state index < -0.39 is 0 Å². The summed E-state index contributed by atoms with van der Waals surface area (Å²) in [6.07, 6.45) is 0. The number of pyridine rings is 1. The number of rotatable bonds is 0. The number of aromatic nitrogens is 1. The van der Waals surface area contributed by atoms with Crippen molar-refractivity contribution in [3.8, 4) is 11.8 Å². The molecule has 0 saturated carbocycles. The van der Waals surface area contributed by atoms with E-state index in [2.05, 4.69) is 29.5 Å². The summed E-state index contributed by atoms with van der Waals surface area (Å²) in [6.45, 7) is 0. The Morgan fingerprint density at radius 3 is 2.42 bits per heavy atom. The van der Waals surface area contributed by atoms with E-state index in [1.807, 2.05) is 0 Å². The summed E-state index contributed by atoms with van der Waals surface area (Å²) in [5, 5.41) is 0.705. The first-order chi connectivity index (χ1) is 5.72. The molecule has 1 aromatic rings. The third-order valence-electron chi connectivity index (χ3n) is 1.07. The molecule has 0 bridgehead atoms. The Morgan fingerprint density at radius 2 is 1.92 bits per heavy atom. The van der Waals surface area contributed by atoms with Crippen LogP contribution in [0.5, 0.6) is 0 Å². The molecule has 0 atom stereocenters. The van der Waals surface area contributed by atoms with Crippen LogP contribution in [0.25, 0.3) is 0 Å². The highest BCUT2D eigenvalue weighted by atomic mass is 35.5. The molecule has 0 amide bonds. The smallest absolute Gasteiger partial charge is 0.132 e. The summed E-state index contributed by atoms with van der Waals surface area (Å²) in [6, 6.07) is 3.31. The fourth-order valence-electron chi connectivity index (χ4n) is 0.679. The van der Waals surface area contributed by atoms with Gasteiger partial charge in [-0.15, -0.1) is 0 Å². The molecular formula is C8H5Cl2NS. The molecule has 0 aliphatic rings. The van der Waals surface area contributed by atoms with Crippen LogP contribution in [0, 0.1) is 11.8 Å². The molecule has 1 heterocycles. The molecule has 0 radical (unpaired) electrons. The topological polar surface area (TPSA) is 12.9 Å². The molecule has 0 N–H and O–H groups in total. The van der Waals surface area contributed by atoms with Gasteiger partial charge in [0.25, 0.3) is 0 Å². The maximum Gasteiger partial charge on any atom is 0.132 e. The van der Waals surface area contributed by atoms with E-state index in [0.717, 1.165) is 5.56 Å². The minimum Gasteiger partial charge on any atom is -0.224 e. The van der Waals surface area contributed by atoms with Gasteiger partial charge in [-0.25, -0.2) is 4.98 Å². The molecule has 1 rings (SSSR count). The van der Waals surface area contributed by atoms with Gasteiger partial charge in [-0.05, 0) is 12.1 Å². The molecule has 0 saturated heterocycles. The van der Waals surface area contributed by atoms with Crippen LogP contribution in [0.4, 0.5) is 0 Å². The lowest BCUT2D eigenvalue weighted by Crippen LogP contribution is -1.80. The zero-order valence-corrected chi connectivity index (χ0v) is 8.42. The van der Waals surface area contributed by atoms with Crippen LogP contribution in [0.3, 0.4) is 0 Å². The Kier molecular flexibility index (Phi) is 3.74. The fraction of sp³-hybridized carbons (Fsp3) is 0.125. The van der Waals surface area contributed by atoms with Gasteiger partial charge >= 0.3 is 0 Å². The maximum absolute atomic E-state index is 5.65. The molecular weight excluding hydrogens is 213 g/mol. The van der Waals surface area contributed by atoms with Crippen LogP contribution in [0.2, 0.25) is 10.3 Å². The normalized spacial score (nSPS) is 8.92. The van der Waals surface area contributed by atoms with E-state index in [9.17, 15) is 0 Å². The highest BCUT2D eigenvalue weighted by Gasteiger charge is 1.95. The van der Waals surface area contributed by atoms with Gasteiger partial charge in [-0.3, -0.25) is 0 Å². The zero-order chi connectivity index (χ0) is 8.97. The highest BCUT2D eigenvalue weighted by Crippen LogP contribution is 2.13. The van der Waals surface area contributed by atoms with Crippen molar-refractivity contribution in [3.63, 3.8) is 0 Å². The number of halogens is 2. The molecule has 1 nitrogen and oxygen atoms in total. The lowest BCUT2D eigenvalue weighted by Gasteiger charge is -1.92. The summed E-state index contributed by atoms with van der Waals surface area (Å²) in [5.41, 5.74) is 0.758. The average molecular weight is 218 g/mol. The van der Waals surface area contributed by atoms with E-state index in [0.29, 0.717) is 16.1 Å². The zero-order valence-electron chi connectivity index (χ0n) is 6.01. The molecule has 0 unspecified atom stereocenters. The summed E-state index contributed by atoms with van der Waals surface area (Å²) in [7, 11) is 0. The van der Waals surface area contributed by atoms with Crippen LogP contribution < -0.4 is 0 Å². The Hall–Kier alpha value is -0.360. The summed E-state index contributed by atoms with van der Waals surface area (Å²) < 4.78 is 0. The van der Waals surface area contributed by atoms with E-state index in [1.54, 1.807) is 12.1 Å². The van der Waals surface area contributed by atoms with E-state index in [1.165, 1.54) is 0 Å². The van der Waals surface area contributed by atoms with Crippen molar-refractivity contribution < 1.29 is 0 Å². The van der Waals surface area contributed by atoms with Crippen LogP contribution in [-0.4, -0.2) is 10.7 Å². The molecule has 1 aromatic heterocycles. The Labute approximate surface area is 86.5 Å². The van der Waals surface area contributed by atoms with Gasteiger partial charge in [0.1, 0.15) is 10.3 Å². The Balaban J connectivity index is 3.01. The number of hydrogen-bond acceptors (Lipinski definition) is 2. The second-order valence-electron chi connectivity index (χ2n) is 1.96. The van der Waals surface area contributed by atoms with Gasteiger partial charge in [0.15, 0.2) is 0 Å². The molecule has 12 heavy (non-hydrogen) atoms. The molecule has 62 valence electrons. The minimum atomic E-state index is 0.353. The van der Waals surface area contributed by atoms with Crippen molar-refractivity contribution in [2.24, 2.45) is 0 Å². The second-order valence-corrected chi connectivity index (χ2v) is 3.05. The van der Waals surface area contributed by atoms with Crippen LogP contribution in [0.15, 0.2) is 12.1 Å². The van der Waals surface area contributed by atoms with Crippen molar-refractivity contribution in [1.82, 2.24) is 4.98 Å². The summed E-state index contributed by atoms with van der Waals surface area (Å²) >= 11 is 15.2. The molecule has 0 aromatic carbocycles. The van der Waals surface area contributed by atoms with E-state index >= 15 is 0 Å². The molecule has 0 aliphatic carbocycles. The third kappa shape index (κ3) is 2.94. The Morgan fingerprint density at radius 1 is 1.33 bits per heavy atom. The van der Waals surface area contributed by atoms with Crippen molar-refractivity contribution in [2.45, 2.75) is 0 Å². The van der Waals surface area contributed by atoms with Crippen LogP contribution >= 0.6 is 35.8 Å². The molecule has 4 heteroatoms. The van der Waals surface area contributed by atoms with Gasteiger partial charge < -0.3 is 0 Å². The maximum atomic E-state index is 5.65. The number of thiol groups is 1. The standard InChI is InChI=1S/C8H5Cl2NS/c9-7-4-6(2-1-3-12)5-8(10)11-7/h4-5,12H,3H2. The molecule has 0 aliphatic heterocycles. The van der Waals surface area contributed by atoms with Crippen LogP contribution in [-0.2, 0) is 0 Å². The van der Waals surface area contributed by atoms with Crippen LogP contribution in [0.1, 0.15) is 5.56 Å². The second kappa shape index (κ2) is 4.61. The van der Waals surface area contributed by atoms with E-state index in [4.69, 9.17) is 23.2 Å². The first kappa shape index (κ1) is 9.73. The predicted molar refractivity (Wildman–Crippen MR) is 55.0 cm³/mol. The lowest BCUT2D eigenvalue weighted by molar-refractivity contribution is 1.32. The predicted octanol–water partition coefficient (Wildman–Crippen LogP) is 2.67. The average Bonchev–Trinajstić information content (AvgIpc) is 1.99. The highest BCUT2D eigenvalue weighted by molar-refractivity contribution is 7.80. The number of hydrogen-bond donors (Lipinski definition) is 1. The SMILES string of the molecule is SCC#Cc1cc(Cl)nc(Cl)c1. The van der Waals surface area contributed by atoms with E-state index in [-0.39, 0.29) is 0 Å². The molecule has 0 fully saturated rings. The largest absolute Gasteiger partial charge is 0.224 e. The third-order valence-corrected chi connectivity index (χ3v) is 1.62. The quantitative estimate of drug-likeness (QED) is 0.401. The monoisotopic (exact) mass is 217 g/mol. The van der Waals surface area contributed by atoms with Gasteiger partial charge in [0, 0.05) is 5.56 Å². The first-order valence-corrected chi connectivity index (χ1v) is 4.54. The minimum absolute atomic E-state index is 0.353. The lowest BCUT2D eigenvalue weighted by atomic mass is 10.3. The van der Waals surface area contributed by atoms with Gasteiger partial charge in [-0.1, -0.05) is 35.0 Å². The van der Waals surface area contributed by atoms with Crippen molar-refractivity contribution in [3.05, 3.63) is 28.0 Å². The fourth-order valence-corrected chi connectivity index (χ4v) is 1.22. The van der Waals surface area contributed by atoms with Crippen molar-refractivity contribution >= 4 is 35.8 Å². The summed E-state index contributed by atoms with van der Waals surface area (Å²) in [4.78, 5) is 3.79. The summed E-state index contributed by atoms with van der Waals surface area (Å²) in [5.74, 6) is 6.14. The van der Waals surface area contributed by atoms with Gasteiger partial charge in [0.2, 0.25) is 0 Å². The number of nitrogens with zero attached hydrogens (tertiary/aromatic N) is 1. The van der Waals surface area contributed by atoms with Crippen molar-refractivity contribution in [2.75, 3.05) is 5.75 Å². The Bertz CT molecular complexity index is 320. The molecule has 0 spiro atoms. The van der Waals surface area contributed by atoms with Crippen molar-refractivity contribution in [1.29, 1.82) is 0 Å². The first-order valence-electron chi connectivity index (χ1n) is 3.15.